The molecular formula is C30H28N2. The van der Waals surface area contributed by atoms with Crippen LogP contribution in [-0.2, 0) is 6.42 Å². The molecule has 2 heteroatoms. The number of hydrogen-bond acceptors (Lipinski definition) is 2. The third-order valence-corrected chi connectivity index (χ3v) is 6.88. The van der Waals surface area contributed by atoms with Crippen molar-refractivity contribution in [3.63, 3.8) is 0 Å². The van der Waals surface area contributed by atoms with E-state index < -0.39 is 0 Å². The lowest BCUT2D eigenvalue weighted by molar-refractivity contribution is 0.568. The average molecular weight is 417 g/mol. The molecule has 1 aliphatic rings. The van der Waals surface area contributed by atoms with Crippen LogP contribution in [0.15, 0.2) is 97.1 Å². The van der Waals surface area contributed by atoms with Crippen molar-refractivity contribution in [3.05, 3.63) is 125 Å². The van der Waals surface area contributed by atoms with E-state index in [0.717, 1.165) is 23.2 Å². The molecule has 2 atom stereocenters. The molecule has 5 rings (SSSR count). The molecule has 158 valence electrons. The Morgan fingerprint density at radius 1 is 0.812 bits per heavy atom. The van der Waals surface area contributed by atoms with E-state index in [1.807, 2.05) is 31.3 Å². The van der Waals surface area contributed by atoms with E-state index in [9.17, 15) is 0 Å². The van der Waals surface area contributed by atoms with Crippen LogP contribution >= 0.6 is 0 Å². The number of benzene rings is 4. The first kappa shape index (κ1) is 20.3. The van der Waals surface area contributed by atoms with Crippen LogP contribution < -0.4 is 5.32 Å². The highest BCUT2D eigenvalue weighted by atomic mass is 14.8. The van der Waals surface area contributed by atoms with Gasteiger partial charge in [0, 0.05) is 23.9 Å². The first-order valence-electron chi connectivity index (χ1n) is 11.3. The summed E-state index contributed by atoms with van der Waals surface area (Å²) in [5, 5.41) is 12.4. The molecule has 0 fully saturated rings. The number of fused-ring (bicyclic) bond motifs is 3. The van der Waals surface area contributed by atoms with E-state index in [4.69, 9.17) is 5.41 Å². The Bertz CT molecular complexity index is 1270. The van der Waals surface area contributed by atoms with Crippen molar-refractivity contribution in [1.29, 1.82) is 5.41 Å². The minimum Gasteiger partial charge on any atom is -0.388 e. The minimum absolute atomic E-state index is 0.412. The van der Waals surface area contributed by atoms with Crippen LogP contribution in [0.3, 0.4) is 0 Å². The van der Waals surface area contributed by atoms with Crippen LogP contribution in [0.4, 0.5) is 5.69 Å². The molecule has 0 spiro atoms. The normalized spacial score (nSPS) is 15.4. The molecule has 2 N–H and O–H groups in total. The lowest BCUT2D eigenvalue weighted by Crippen LogP contribution is -2.19. The van der Waals surface area contributed by atoms with E-state index in [0.29, 0.717) is 17.5 Å². The monoisotopic (exact) mass is 416 g/mol. The van der Waals surface area contributed by atoms with Gasteiger partial charge >= 0.3 is 0 Å². The van der Waals surface area contributed by atoms with Gasteiger partial charge in [0.05, 0.1) is 5.71 Å². The van der Waals surface area contributed by atoms with E-state index >= 15 is 0 Å². The molecule has 2 unspecified atom stereocenters. The Balaban J connectivity index is 1.64. The second-order valence-electron chi connectivity index (χ2n) is 8.61. The zero-order chi connectivity index (χ0) is 22.1. The van der Waals surface area contributed by atoms with Crippen LogP contribution in [0.2, 0.25) is 0 Å². The van der Waals surface area contributed by atoms with Crippen molar-refractivity contribution in [1.82, 2.24) is 0 Å². The summed E-state index contributed by atoms with van der Waals surface area (Å²) in [4.78, 5) is 0. The Morgan fingerprint density at radius 3 is 2.31 bits per heavy atom. The lowest BCUT2D eigenvalue weighted by Gasteiger charge is -2.33. The smallest absolute Gasteiger partial charge is 0.0711 e. The molecule has 32 heavy (non-hydrogen) atoms. The maximum atomic E-state index is 9.13. The maximum absolute atomic E-state index is 9.13. The van der Waals surface area contributed by atoms with Gasteiger partial charge in [-0.15, -0.1) is 0 Å². The summed E-state index contributed by atoms with van der Waals surface area (Å²) in [5.74, 6) is 0.828. The molecule has 0 saturated carbocycles. The fourth-order valence-corrected chi connectivity index (χ4v) is 5.19. The highest BCUT2D eigenvalue weighted by Gasteiger charge is 2.31. The summed E-state index contributed by atoms with van der Waals surface area (Å²) in [6.07, 6.45) is 0.983. The second-order valence-corrected chi connectivity index (χ2v) is 8.61. The predicted molar refractivity (Wildman–Crippen MR) is 135 cm³/mol. The first-order valence-corrected chi connectivity index (χ1v) is 11.3. The van der Waals surface area contributed by atoms with Crippen molar-refractivity contribution in [2.75, 3.05) is 12.4 Å². The SMILES string of the molecule is CNc1ccccc1C(=N)c1cccc2c1-c1ccccc1C(C(C)c1ccccc1)C2. The molecule has 0 heterocycles. The van der Waals surface area contributed by atoms with Crippen molar-refractivity contribution >= 4 is 11.4 Å². The third kappa shape index (κ3) is 3.42. The Labute approximate surface area is 190 Å². The predicted octanol–water partition coefficient (Wildman–Crippen LogP) is 7.25. The molecule has 4 aromatic carbocycles. The van der Waals surface area contributed by atoms with E-state index in [1.54, 1.807) is 0 Å². The number of para-hydroxylation sites is 1. The standard InChI is InChI=1S/C30H28N2/c1-20(21-11-4-3-5-12-21)27-19-22-13-10-17-26(29(22)24-15-7-6-14-23(24)27)30(31)25-16-8-9-18-28(25)32-2/h3-18,20,27,31-32H,19H2,1-2H3. The number of nitrogens with one attached hydrogen (secondary N) is 2. The molecule has 0 saturated heterocycles. The van der Waals surface area contributed by atoms with Gasteiger partial charge in [0.1, 0.15) is 0 Å². The van der Waals surface area contributed by atoms with Gasteiger partial charge in [-0.05, 0) is 52.1 Å². The van der Waals surface area contributed by atoms with Gasteiger partial charge in [0.2, 0.25) is 0 Å². The zero-order valence-electron chi connectivity index (χ0n) is 18.6. The molecule has 4 aromatic rings. The van der Waals surface area contributed by atoms with Crippen molar-refractivity contribution in [2.45, 2.75) is 25.2 Å². The summed E-state index contributed by atoms with van der Waals surface area (Å²) in [5.41, 5.74) is 10.1. The molecule has 2 nitrogen and oxygen atoms in total. The van der Waals surface area contributed by atoms with Gasteiger partial charge in [-0.3, -0.25) is 5.41 Å². The Kier molecular flexibility index (Phi) is 5.36. The maximum Gasteiger partial charge on any atom is 0.0711 e. The summed E-state index contributed by atoms with van der Waals surface area (Å²) in [7, 11) is 1.91. The van der Waals surface area contributed by atoms with Crippen LogP contribution in [0.5, 0.6) is 0 Å². The van der Waals surface area contributed by atoms with Crippen molar-refractivity contribution in [2.24, 2.45) is 0 Å². The molecule has 0 aromatic heterocycles. The van der Waals surface area contributed by atoms with Crippen LogP contribution in [0.1, 0.15) is 46.6 Å². The summed E-state index contributed by atoms with van der Waals surface area (Å²) in [6, 6.07) is 34.2. The second kappa shape index (κ2) is 8.47. The molecular weight excluding hydrogens is 388 g/mol. The van der Waals surface area contributed by atoms with Crippen molar-refractivity contribution < 1.29 is 0 Å². The highest BCUT2D eigenvalue weighted by Crippen LogP contribution is 2.47. The topological polar surface area (TPSA) is 35.9 Å². The number of hydrogen-bond donors (Lipinski definition) is 2. The van der Waals surface area contributed by atoms with Gasteiger partial charge in [-0.25, -0.2) is 0 Å². The molecule has 0 amide bonds. The molecule has 0 bridgehead atoms. The summed E-state index contributed by atoms with van der Waals surface area (Å²) >= 11 is 0. The third-order valence-electron chi connectivity index (χ3n) is 6.88. The Morgan fingerprint density at radius 2 is 1.50 bits per heavy atom. The minimum atomic E-state index is 0.412. The van der Waals surface area contributed by atoms with Crippen LogP contribution in [-0.4, -0.2) is 12.8 Å². The van der Waals surface area contributed by atoms with Gasteiger partial charge in [0.25, 0.3) is 0 Å². The van der Waals surface area contributed by atoms with E-state index in [1.165, 1.54) is 27.8 Å². The fourth-order valence-electron chi connectivity index (χ4n) is 5.19. The average Bonchev–Trinajstić information content (AvgIpc) is 2.87. The van der Waals surface area contributed by atoms with Gasteiger partial charge in [0.15, 0.2) is 0 Å². The summed E-state index contributed by atoms with van der Waals surface area (Å²) in [6.45, 7) is 2.34. The molecule has 1 aliphatic carbocycles. The zero-order valence-corrected chi connectivity index (χ0v) is 18.6. The Hall–Kier alpha value is -3.65. The number of anilines is 1. The van der Waals surface area contributed by atoms with Gasteiger partial charge in [-0.1, -0.05) is 97.9 Å². The summed E-state index contributed by atoms with van der Waals surface area (Å²) < 4.78 is 0. The van der Waals surface area contributed by atoms with E-state index in [-0.39, 0.29) is 0 Å². The molecule has 0 radical (unpaired) electrons. The largest absolute Gasteiger partial charge is 0.388 e. The van der Waals surface area contributed by atoms with Crippen LogP contribution in [0.25, 0.3) is 11.1 Å². The quantitative estimate of drug-likeness (QED) is 0.330. The van der Waals surface area contributed by atoms with Crippen LogP contribution in [0, 0.1) is 5.41 Å². The van der Waals surface area contributed by atoms with Gasteiger partial charge in [-0.2, -0.15) is 0 Å². The fraction of sp³-hybridized carbons (Fsp3) is 0.167. The van der Waals surface area contributed by atoms with Gasteiger partial charge < -0.3 is 5.32 Å². The molecule has 0 aliphatic heterocycles. The highest BCUT2D eigenvalue weighted by molar-refractivity contribution is 6.17. The lowest BCUT2D eigenvalue weighted by atomic mass is 9.70. The van der Waals surface area contributed by atoms with Crippen molar-refractivity contribution in [3.8, 4) is 11.1 Å². The first-order chi connectivity index (χ1) is 15.7. The number of rotatable bonds is 5. The van der Waals surface area contributed by atoms with E-state index in [2.05, 4.69) is 85.0 Å².